The van der Waals surface area contributed by atoms with Crippen LogP contribution in [-0.4, -0.2) is 57.0 Å². The van der Waals surface area contributed by atoms with Crippen LogP contribution in [0.15, 0.2) is 12.4 Å². The molecule has 0 spiro atoms. The van der Waals surface area contributed by atoms with Gasteiger partial charge in [0.15, 0.2) is 0 Å². The van der Waals surface area contributed by atoms with Gasteiger partial charge in [-0.05, 0) is 39.0 Å². The van der Waals surface area contributed by atoms with E-state index in [4.69, 9.17) is 4.98 Å². The normalized spacial score (nSPS) is 22.8. The molecule has 146 valence electrons. The van der Waals surface area contributed by atoms with Gasteiger partial charge in [0.05, 0.1) is 6.20 Å². The van der Waals surface area contributed by atoms with Crippen LogP contribution in [0, 0.1) is 6.92 Å². The van der Waals surface area contributed by atoms with Gasteiger partial charge in [0.25, 0.3) is 0 Å². The van der Waals surface area contributed by atoms with Gasteiger partial charge in [0, 0.05) is 62.8 Å². The van der Waals surface area contributed by atoms with Crippen molar-refractivity contribution in [2.24, 2.45) is 7.05 Å². The summed E-state index contributed by atoms with van der Waals surface area (Å²) in [7, 11) is 4.00. The monoisotopic (exact) mass is 372 g/mol. The van der Waals surface area contributed by atoms with Gasteiger partial charge in [0.1, 0.15) is 17.8 Å². The van der Waals surface area contributed by atoms with Crippen molar-refractivity contribution in [1.82, 2.24) is 24.6 Å². The van der Waals surface area contributed by atoms with Crippen LogP contribution in [0.5, 0.6) is 0 Å². The van der Waals surface area contributed by atoms with E-state index in [9.17, 15) is 4.39 Å². The molecule has 0 aromatic carbocycles. The maximum Gasteiger partial charge on any atom is 0.135 e. The maximum absolute atomic E-state index is 14.2. The number of rotatable bonds is 5. The Balaban J connectivity index is 1.51. The van der Waals surface area contributed by atoms with Crippen molar-refractivity contribution in [3.63, 3.8) is 0 Å². The van der Waals surface area contributed by atoms with Gasteiger partial charge in [-0.1, -0.05) is 0 Å². The van der Waals surface area contributed by atoms with Crippen molar-refractivity contribution in [2.75, 3.05) is 25.0 Å². The van der Waals surface area contributed by atoms with Crippen LogP contribution in [0.25, 0.3) is 0 Å². The molecule has 2 aromatic heterocycles. The molecule has 0 radical (unpaired) electrons. The Morgan fingerprint density at radius 1 is 1.26 bits per heavy atom. The third kappa shape index (κ3) is 3.98. The fraction of sp³-hybridized carbons (Fsp3) is 0.650. The largest absolute Gasteiger partial charge is 0.358 e. The molecule has 1 fully saturated rings. The molecule has 0 bridgehead atoms. The molecule has 2 atom stereocenters. The lowest BCUT2D eigenvalue weighted by Crippen LogP contribution is -2.39. The number of aryl methyl sites for hydroxylation is 3. The summed E-state index contributed by atoms with van der Waals surface area (Å²) in [5.74, 6) is 1.88. The van der Waals surface area contributed by atoms with E-state index in [2.05, 4.69) is 26.9 Å². The minimum atomic E-state index is -0.763. The Kier molecular flexibility index (Phi) is 5.12. The molecule has 0 saturated carbocycles. The number of hydrogen-bond donors (Lipinski definition) is 0. The number of likely N-dealkylation sites (N-methyl/N-ethyl adjacent to an activating group) is 1. The molecule has 3 heterocycles. The van der Waals surface area contributed by atoms with Crippen molar-refractivity contribution in [3.05, 3.63) is 35.0 Å². The van der Waals surface area contributed by atoms with E-state index in [1.54, 1.807) is 4.68 Å². The molecule has 2 aromatic rings. The summed E-state index contributed by atoms with van der Waals surface area (Å²) in [4.78, 5) is 13.9. The fourth-order valence-corrected chi connectivity index (χ4v) is 4.51. The van der Waals surface area contributed by atoms with Crippen molar-refractivity contribution < 1.29 is 4.39 Å². The number of likely N-dealkylation sites (tertiary alicyclic amines) is 1. The first-order valence-electron chi connectivity index (χ1n) is 9.92. The Hall–Kier alpha value is -2.02. The van der Waals surface area contributed by atoms with Gasteiger partial charge < -0.3 is 4.90 Å². The number of alkyl halides is 1. The van der Waals surface area contributed by atoms with E-state index in [0.29, 0.717) is 13.0 Å². The molecule has 2 aliphatic rings. The zero-order valence-electron chi connectivity index (χ0n) is 16.5. The van der Waals surface area contributed by atoms with Crippen molar-refractivity contribution in [3.8, 4) is 0 Å². The predicted molar refractivity (Wildman–Crippen MR) is 104 cm³/mol. The number of aromatic nitrogens is 4. The van der Waals surface area contributed by atoms with Crippen molar-refractivity contribution in [1.29, 1.82) is 0 Å². The molecule has 1 saturated heterocycles. The maximum atomic E-state index is 14.2. The third-order valence-corrected chi connectivity index (χ3v) is 5.74. The predicted octanol–water partition coefficient (Wildman–Crippen LogP) is 2.45. The summed E-state index contributed by atoms with van der Waals surface area (Å²) in [6, 6.07) is 0.180. The summed E-state index contributed by atoms with van der Waals surface area (Å²) in [6.45, 7) is 3.99. The molecular formula is C20H29FN6. The number of hydrogen-bond acceptors (Lipinski definition) is 5. The number of nitrogens with zero attached hydrogens (tertiary/aromatic N) is 6. The molecule has 4 rings (SSSR count). The fourth-order valence-electron chi connectivity index (χ4n) is 4.51. The quantitative estimate of drug-likeness (QED) is 0.807. The summed E-state index contributed by atoms with van der Waals surface area (Å²) in [5, 5.41) is 4.24. The second kappa shape index (κ2) is 7.54. The van der Waals surface area contributed by atoms with E-state index in [-0.39, 0.29) is 6.04 Å². The van der Waals surface area contributed by atoms with Gasteiger partial charge in [0.2, 0.25) is 0 Å². The molecular weight excluding hydrogens is 343 g/mol. The van der Waals surface area contributed by atoms with E-state index in [1.807, 2.05) is 26.4 Å². The van der Waals surface area contributed by atoms with E-state index < -0.39 is 6.17 Å². The second-order valence-electron chi connectivity index (χ2n) is 8.05. The highest BCUT2D eigenvalue weighted by atomic mass is 19.1. The molecule has 0 unspecified atom stereocenters. The van der Waals surface area contributed by atoms with Gasteiger partial charge >= 0.3 is 0 Å². The van der Waals surface area contributed by atoms with Crippen molar-refractivity contribution >= 4 is 5.82 Å². The Labute approximate surface area is 160 Å². The lowest BCUT2D eigenvalue weighted by molar-refractivity contribution is 0.237. The van der Waals surface area contributed by atoms with Crippen LogP contribution in [-0.2, 0) is 26.4 Å². The van der Waals surface area contributed by atoms with Crippen LogP contribution in [0.1, 0.15) is 41.9 Å². The SMILES string of the molecule is Cc1nc2c(c(N(C)C[C@@H]3C[C@H](F)CN3Cc3cnn(C)c3)n1)CCCC2. The molecule has 0 N–H and O–H groups in total. The molecule has 1 aliphatic carbocycles. The highest BCUT2D eigenvalue weighted by Gasteiger charge is 2.33. The highest BCUT2D eigenvalue weighted by Crippen LogP contribution is 2.29. The smallest absolute Gasteiger partial charge is 0.135 e. The minimum absolute atomic E-state index is 0.180. The first kappa shape index (κ1) is 18.3. The van der Waals surface area contributed by atoms with Gasteiger partial charge in [-0.25, -0.2) is 14.4 Å². The summed E-state index contributed by atoms with van der Waals surface area (Å²) >= 11 is 0. The standard InChI is InChI=1S/C20H29FN6/c1-14-23-19-7-5-4-6-18(19)20(24-14)25(2)13-17-8-16(21)12-27(17)11-15-9-22-26(3)10-15/h9-10,16-17H,4-8,11-13H2,1-3H3/t16-,17-/m0/s1. The lowest BCUT2D eigenvalue weighted by atomic mass is 9.96. The van der Waals surface area contributed by atoms with Gasteiger partial charge in [-0.2, -0.15) is 5.10 Å². The first-order chi connectivity index (χ1) is 13.0. The average Bonchev–Trinajstić information content (AvgIpc) is 3.19. The van der Waals surface area contributed by atoms with Crippen LogP contribution in [0.4, 0.5) is 10.2 Å². The van der Waals surface area contributed by atoms with Gasteiger partial charge in [-0.15, -0.1) is 0 Å². The average molecular weight is 372 g/mol. The van der Waals surface area contributed by atoms with Gasteiger partial charge in [-0.3, -0.25) is 9.58 Å². The third-order valence-electron chi connectivity index (χ3n) is 5.74. The van der Waals surface area contributed by atoms with Crippen LogP contribution in [0.2, 0.25) is 0 Å². The first-order valence-corrected chi connectivity index (χ1v) is 9.92. The zero-order chi connectivity index (χ0) is 19.0. The number of fused-ring (bicyclic) bond motifs is 1. The molecule has 27 heavy (non-hydrogen) atoms. The lowest BCUT2D eigenvalue weighted by Gasteiger charge is -2.31. The molecule has 6 nitrogen and oxygen atoms in total. The minimum Gasteiger partial charge on any atom is -0.358 e. The topological polar surface area (TPSA) is 50.1 Å². The Morgan fingerprint density at radius 2 is 2.07 bits per heavy atom. The van der Waals surface area contributed by atoms with E-state index in [1.165, 1.54) is 24.1 Å². The summed E-state index contributed by atoms with van der Waals surface area (Å²) in [6.07, 6.45) is 8.19. The second-order valence-corrected chi connectivity index (χ2v) is 8.05. The van der Waals surface area contributed by atoms with Crippen LogP contribution >= 0.6 is 0 Å². The Morgan fingerprint density at radius 3 is 2.85 bits per heavy atom. The summed E-state index contributed by atoms with van der Waals surface area (Å²) < 4.78 is 16.0. The van der Waals surface area contributed by atoms with E-state index in [0.717, 1.165) is 43.1 Å². The number of halogens is 1. The summed E-state index contributed by atoms with van der Waals surface area (Å²) in [5.41, 5.74) is 3.63. The number of anilines is 1. The van der Waals surface area contributed by atoms with Crippen molar-refractivity contribution in [2.45, 2.75) is 57.8 Å². The molecule has 0 amide bonds. The Bertz CT molecular complexity index is 804. The van der Waals surface area contributed by atoms with Crippen LogP contribution < -0.4 is 4.90 Å². The molecule has 1 aliphatic heterocycles. The highest BCUT2D eigenvalue weighted by molar-refractivity contribution is 5.50. The zero-order valence-corrected chi connectivity index (χ0v) is 16.5. The van der Waals surface area contributed by atoms with Crippen LogP contribution in [0.3, 0.4) is 0 Å². The van der Waals surface area contributed by atoms with E-state index >= 15 is 0 Å². The molecule has 7 heteroatoms.